The molecule has 0 radical (unpaired) electrons. The monoisotopic (exact) mass is 262 g/mol. The van der Waals surface area contributed by atoms with Crippen LogP contribution in [-0.4, -0.2) is 17.1 Å². The molecular formula is C14H15FN2O2. The highest BCUT2D eigenvalue weighted by Gasteiger charge is 2.25. The first-order valence-electron chi connectivity index (χ1n) is 6.28. The van der Waals surface area contributed by atoms with Crippen molar-refractivity contribution in [2.24, 2.45) is 5.92 Å². The summed E-state index contributed by atoms with van der Waals surface area (Å²) in [7, 11) is 0. The summed E-state index contributed by atoms with van der Waals surface area (Å²) >= 11 is 0. The standard InChI is InChI=1S/C14H15FN2O2/c15-11-5-9(8-16)6-13(7-11)17-12-3-1-10(2-4-12)14(18)19/h5-7,10,12,17H,1-4H2,(H,18,19). The molecule has 1 saturated carbocycles. The largest absolute Gasteiger partial charge is 0.481 e. The summed E-state index contributed by atoms with van der Waals surface area (Å²) < 4.78 is 13.3. The number of nitriles is 1. The van der Waals surface area contributed by atoms with E-state index >= 15 is 0 Å². The van der Waals surface area contributed by atoms with Crippen molar-refractivity contribution < 1.29 is 14.3 Å². The third kappa shape index (κ3) is 3.44. The van der Waals surface area contributed by atoms with Crippen LogP contribution in [0.1, 0.15) is 31.2 Å². The number of hydrogen-bond acceptors (Lipinski definition) is 3. The van der Waals surface area contributed by atoms with Gasteiger partial charge >= 0.3 is 5.97 Å². The molecule has 1 aliphatic carbocycles. The summed E-state index contributed by atoms with van der Waals surface area (Å²) in [6.07, 6.45) is 2.76. The average molecular weight is 262 g/mol. The minimum Gasteiger partial charge on any atom is -0.481 e. The summed E-state index contributed by atoms with van der Waals surface area (Å²) in [5, 5.41) is 20.9. The smallest absolute Gasteiger partial charge is 0.306 e. The Kier molecular flexibility index (Phi) is 4.00. The molecule has 0 unspecified atom stereocenters. The van der Waals surface area contributed by atoms with Gasteiger partial charge in [0.25, 0.3) is 0 Å². The Morgan fingerprint density at radius 2 is 2.00 bits per heavy atom. The number of carbonyl (C=O) groups is 1. The van der Waals surface area contributed by atoms with Crippen molar-refractivity contribution in [1.82, 2.24) is 0 Å². The van der Waals surface area contributed by atoms with Crippen LogP contribution in [0.3, 0.4) is 0 Å². The molecule has 100 valence electrons. The van der Waals surface area contributed by atoms with E-state index in [1.165, 1.54) is 12.1 Å². The van der Waals surface area contributed by atoms with Crippen LogP contribution in [0.4, 0.5) is 10.1 Å². The van der Waals surface area contributed by atoms with Crippen LogP contribution >= 0.6 is 0 Å². The molecule has 2 rings (SSSR count). The van der Waals surface area contributed by atoms with Crippen molar-refractivity contribution in [2.75, 3.05) is 5.32 Å². The minimum absolute atomic E-state index is 0.143. The lowest BCUT2D eigenvalue weighted by molar-refractivity contribution is -0.142. The fourth-order valence-electron chi connectivity index (χ4n) is 2.46. The fourth-order valence-corrected chi connectivity index (χ4v) is 2.46. The van der Waals surface area contributed by atoms with E-state index in [0.29, 0.717) is 18.5 Å². The molecule has 0 aliphatic heterocycles. The van der Waals surface area contributed by atoms with Gasteiger partial charge in [-0.05, 0) is 43.9 Å². The van der Waals surface area contributed by atoms with Crippen molar-refractivity contribution in [1.29, 1.82) is 5.26 Å². The number of aliphatic carboxylic acids is 1. The predicted octanol–water partition coefficient (Wildman–Crippen LogP) is 2.75. The van der Waals surface area contributed by atoms with Crippen molar-refractivity contribution in [3.63, 3.8) is 0 Å². The van der Waals surface area contributed by atoms with Gasteiger partial charge in [0.15, 0.2) is 0 Å². The van der Waals surface area contributed by atoms with Gasteiger partial charge in [-0.1, -0.05) is 0 Å². The fraction of sp³-hybridized carbons (Fsp3) is 0.429. The van der Waals surface area contributed by atoms with Crippen LogP contribution < -0.4 is 5.32 Å². The molecule has 2 N–H and O–H groups in total. The molecule has 19 heavy (non-hydrogen) atoms. The third-order valence-electron chi connectivity index (χ3n) is 3.47. The maximum absolute atomic E-state index is 13.3. The number of nitrogens with zero attached hydrogens (tertiary/aromatic N) is 1. The topological polar surface area (TPSA) is 73.1 Å². The van der Waals surface area contributed by atoms with E-state index in [0.717, 1.165) is 12.8 Å². The van der Waals surface area contributed by atoms with Crippen molar-refractivity contribution in [3.05, 3.63) is 29.6 Å². The highest BCUT2D eigenvalue weighted by molar-refractivity contribution is 5.70. The summed E-state index contributed by atoms with van der Waals surface area (Å²) in [5.74, 6) is -1.45. The van der Waals surface area contributed by atoms with E-state index in [9.17, 15) is 9.18 Å². The molecule has 0 heterocycles. The van der Waals surface area contributed by atoms with Gasteiger partial charge in [-0.3, -0.25) is 4.79 Å². The van der Waals surface area contributed by atoms with E-state index in [1.807, 2.05) is 6.07 Å². The van der Waals surface area contributed by atoms with Gasteiger partial charge in [0.05, 0.1) is 17.6 Å². The molecule has 0 spiro atoms. The second-order valence-corrected chi connectivity index (χ2v) is 4.87. The minimum atomic E-state index is -0.740. The molecule has 1 aliphatic rings. The number of halogens is 1. The average Bonchev–Trinajstić information content (AvgIpc) is 2.38. The first kappa shape index (κ1) is 13.3. The number of carboxylic acids is 1. The van der Waals surface area contributed by atoms with Gasteiger partial charge in [-0.2, -0.15) is 5.26 Å². The van der Waals surface area contributed by atoms with Gasteiger partial charge < -0.3 is 10.4 Å². The lowest BCUT2D eigenvalue weighted by atomic mass is 9.86. The number of anilines is 1. The van der Waals surface area contributed by atoms with E-state index in [4.69, 9.17) is 10.4 Å². The molecule has 0 amide bonds. The molecule has 5 heteroatoms. The van der Waals surface area contributed by atoms with Crippen molar-refractivity contribution in [2.45, 2.75) is 31.7 Å². The summed E-state index contributed by atoms with van der Waals surface area (Å²) in [5.41, 5.74) is 0.858. The Hall–Kier alpha value is -2.09. The molecule has 1 aromatic rings. The summed E-state index contributed by atoms with van der Waals surface area (Å²) in [6.45, 7) is 0. The Labute approximate surface area is 110 Å². The molecule has 0 aromatic heterocycles. The molecule has 4 nitrogen and oxygen atoms in total. The van der Waals surface area contributed by atoms with Gasteiger partial charge in [0, 0.05) is 11.7 Å². The van der Waals surface area contributed by atoms with Crippen LogP contribution in [0.25, 0.3) is 0 Å². The second kappa shape index (κ2) is 5.70. The molecular weight excluding hydrogens is 247 g/mol. The van der Waals surface area contributed by atoms with E-state index in [1.54, 1.807) is 6.07 Å². The molecule has 1 fully saturated rings. The summed E-state index contributed by atoms with van der Waals surface area (Å²) in [6, 6.07) is 6.19. The Morgan fingerprint density at radius 1 is 1.32 bits per heavy atom. The van der Waals surface area contributed by atoms with E-state index < -0.39 is 11.8 Å². The van der Waals surface area contributed by atoms with Gasteiger partial charge in [-0.15, -0.1) is 0 Å². The van der Waals surface area contributed by atoms with Crippen LogP contribution in [0.5, 0.6) is 0 Å². The van der Waals surface area contributed by atoms with E-state index in [2.05, 4.69) is 5.32 Å². The zero-order valence-electron chi connectivity index (χ0n) is 10.4. The lowest BCUT2D eigenvalue weighted by Crippen LogP contribution is -2.29. The number of nitrogens with one attached hydrogen (secondary N) is 1. The lowest BCUT2D eigenvalue weighted by Gasteiger charge is -2.27. The number of hydrogen-bond donors (Lipinski definition) is 2. The maximum Gasteiger partial charge on any atom is 0.306 e. The first-order valence-corrected chi connectivity index (χ1v) is 6.28. The summed E-state index contributed by atoms with van der Waals surface area (Å²) in [4.78, 5) is 10.8. The van der Waals surface area contributed by atoms with Gasteiger partial charge in [-0.25, -0.2) is 4.39 Å². The van der Waals surface area contributed by atoms with Gasteiger partial charge in [0.2, 0.25) is 0 Å². The SMILES string of the molecule is N#Cc1cc(F)cc(NC2CCC(C(=O)O)CC2)c1. The van der Waals surface area contributed by atoms with Crippen LogP contribution in [-0.2, 0) is 4.79 Å². The second-order valence-electron chi connectivity index (χ2n) is 4.87. The zero-order valence-corrected chi connectivity index (χ0v) is 10.4. The Bertz CT molecular complexity index is 517. The molecule has 0 bridgehead atoms. The molecule has 0 saturated heterocycles. The van der Waals surface area contributed by atoms with Crippen LogP contribution in [0.15, 0.2) is 18.2 Å². The Morgan fingerprint density at radius 3 is 2.58 bits per heavy atom. The number of rotatable bonds is 3. The molecule has 1 aromatic carbocycles. The molecule has 0 atom stereocenters. The van der Waals surface area contributed by atoms with Crippen LogP contribution in [0.2, 0.25) is 0 Å². The highest BCUT2D eigenvalue weighted by Crippen LogP contribution is 2.27. The van der Waals surface area contributed by atoms with E-state index in [-0.39, 0.29) is 17.5 Å². The van der Waals surface area contributed by atoms with Crippen molar-refractivity contribution >= 4 is 11.7 Å². The maximum atomic E-state index is 13.3. The zero-order chi connectivity index (χ0) is 13.8. The highest BCUT2D eigenvalue weighted by atomic mass is 19.1. The number of benzene rings is 1. The van der Waals surface area contributed by atoms with Crippen molar-refractivity contribution in [3.8, 4) is 6.07 Å². The number of carboxylic acid groups (broad SMARTS) is 1. The Balaban J connectivity index is 1.98. The normalized spacial score (nSPS) is 22.5. The quantitative estimate of drug-likeness (QED) is 0.878. The first-order chi connectivity index (χ1) is 9.08. The third-order valence-corrected chi connectivity index (χ3v) is 3.47. The predicted molar refractivity (Wildman–Crippen MR) is 68.1 cm³/mol. The van der Waals surface area contributed by atoms with Crippen LogP contribution in [0, 0.1) is 23.1 Å². The van der Waals surface area contributed by atoms with Gasteiger partial charge in [0.1, 0.15) is 5.82 Å².